The van der Waals surface area contributed by atoms with Gasteiger partial charge in [-0.2, -0.15) is 0 Å². The van der Waals surface area contributed by atoms with Crippen molar-refractivity contribution in [3.05, 3.63) is 17.7 Å². The fourth-order valence-electron chi connectivity index (χ4n) is 1.36. The quantitative estimate of drug-likeness (QED) is 0.653. The van der Waals surface area contributed by atoms with Gasteiger partial charge < -0.3 is 15.0 Å². The first-order valence-corrected chi connectivity index (χ1v) is 5.81. The van der Waals surface area contributed by atoms with Gasteiger partial charge in [0.15, 0.2) is 0 Å². The Morgan fingerprint density at radius 3 is 3.06 bits per heavy atom. The van der Waals surface area contributed by atoms with Crippen molar-refractivity contribution in [3.8, 4) is 0 Å². The monoisotopic (exact) mass is 247 g/mol. The number of halogens is 2. The van der Waals surface area contributed by atoms with Crippen LogP contribution >= 0.6 is 0 Å². The summed E-state index contributed by atoms with van der Waals surface area (Å²) in [7, 11) is 0. The maximum atomic E-state index is 11.8. The zero-order valence-corrected chi connectivity index (χ0v) is 10.0. The summed E-state index contributed by atoms with van der Waals surface area (Å²) in [6, 6.07) is 0. The summed E-state index contributed by atoms with van der Waals surface area (Å²) in [5.41, 5.74) is 1.00. The summed E-state index contributed by atoms with van der Waals surface area (Å²) < 4.78 is 28.3. The second-order valence-corrected chi connectivity index (χ2v) is 3.75. The second-order valence-electron chi connectivity index (χ2n) is 3.75. The number of hydrogen-bond acceptors (Lipinski definition) is 3. The average molecular weight is 247 g/mol. The van der Waals surface area contributed by atoms with E-state index in [0.29, 0.717) is 6.42 Å². The molecule has 6 heteroatoms. The molecule has 0 aliphatic heterocycles. The number of H-pyrrole nitrogens is 1. The van der Waals surface area contributed by atoms with Crippen molar-refractivity contribution in [2.75, 3.05) is 19.8 Å². The molecule has 0 bridgehead atoms. The zero-order chi connectivity index (χ0) is 12.5. The minimum Gasteiger partial charge on any atom is -0.375 e. The third-order valence-electron chi connectivity index (χ3n) is 2.15. The number of imidazole rings is 1. The molecule has 0 amide bonds. The Labute approximate surface area is 99.8 Å². The number of aromatic nitrogens is 2. The van der Waals surface area contributed by atoms with E-state index in [0.717, 1.165) is 31.0 Å². The van der Waals surface area contributed by atoms with Crippen LogP contribution in [0.1, 0.15) is 24.9 Å². The molecule has 4 nitrogen and oxygen atoms in total. The highest BCUT2D eigenvalue weighted by molar-refractivity contribution is 5.01. The molecule has 1 aromatic rings. The van der Waals surface area contributed by atoms with E-state index in [1.54, 1.807) is 6.20 Å². The molecule has 0 saturated heterocycles. The van der Waals surface area contributed by atoms with Crippen molar-refractivity contribution in [1.29, 1.82) is 0 Å². The fourth-order valence-corrected chi connectivity index (χ4v) is 1.36. The van der Waals surface area contributed by atoms with Crippen LogP contribution in [-0.2, 0) is 17.7 Å². The van der Waals surface area contributed by atoms with Gasteiger partial charge in [0.2, 0.25) is 0 Å². The van der Waals surface area contributed by atoms with Gasteiger partial charge in [-0.15, -0.1) is 0 Å². The number of hydrogen-bond donors (Lipinski definition) is 2. The van der Waals surface area contributed by atoms with Crippen LogP contribution in [-0.4, -0.2) is 36.2 Å². The number of rotatable bonds is 9. The second kappa shape index (κ2) is 8.14. The van der Waals surface area contributed by atoms with Crippen molar-refractivity contribution >= 4 is 0 Å². The molecular formula is C11H19F2N3O. The Morgan fingerprint density at radius 2 is 2.35 bits per heavy atom. The Hall–Kier alpha value is -1.01. The molecule has 1 heterocycles. The summed E-state index contributed by atoms with van der Waals surface area (Å²) in [6.45, 7) is 3.57. The Balaban J connectivity index is 2.16. The van der Waals surface area contributed by atoms with Crippen LogP contribution in [0, 0.1) is 0 Å². The molecule has 0 spiro atoms. The van der Waals surface area contributed by atoms with Gasteiger partial charge in [-0.05, 0) is 13.0 Å². The van der Waals surface area contributed by atoms with E-state index in [1.807, 2.05) is 0 Å². The molecule has 0 saturated carbocycles. The molecule has 1 aromatic heterocycles. The average Bonchev–Trinajstić information content (AvgIpc) is 2.73. The molecule has 0 aliphatic carbocycles. The summed E-state index contributed by atoms with van der Waals surface area (Å²) in [6.07, 6.45) is 0.967. The van der Waals surface area contributed by atoms with Crippen LogP contribution in [0.4, 0.5) is 8.78 Å². The molecule has 0 aliphatic rings. The Bertz CT molecular complexity index is 305. The van der Waals surface area contributed by atoms with Gasteiger partial charge in [-0.3, -0.25) is 0 Å². The molecular weight excluding hydrogens is 228 g/mol. The van der Waals surface area contributed by atoms with Crippen molar-refractivity contribution < 1.29 is 13.5 Å². The summed E-state index contributed by atoms with van der Waals surface area (Å²) in [5, 5.41) is 3.25. The maximum Gasteiger partial charge on any atom is 0.261 e. The van der Waals surface area contributed by atoms with Gasteiger partial charge in [0.1, 0.15) is 12.4 Å². The van der Waals surface area contributed by atoms with Gasteiger partial charge in [-0.1, -0.05) is 6.92 Å². The molecule has 0 radical (unpaired) electrons. The van der Waals surface area contributed by atoms with Crippen LogP contribution in [0.2, 0.25) is 0 Å². The first kappa shape index (κ1) is 14.1. The van der Waals surface area contributed by atoms with E-state index < -0.39 is 13.0 Å². The minimum absolute atomic E-state index is 0.264. The topological polar surface area (TPSA) is 49.9 Å². The summed E-state index contributed by atoms with van der Waals surface area (Å²) in [5.74, 6) is 0.771. The Kier molecular flexibility index (Phi) is 6.73. The molecule has 17 heavy (non-hydrogen) atoms. The molecule has 1 rings (SSSR count). The van der Waals surface area contributed by atoms with Gasteiger partial charge in [0.25, 0.3) is 6.43 Å². The lowest BCUT2D eigenvalue weighted by molar-refractivity contribution is 0.0183. The first-order chi connectivity index (χ1) is 8.22. The van der Waals surface area contributed by atoms with Crippen LogP contribution in [0.15, 0.2) is 6.20 Å². The molecule has 0 fully saturated rings. The van der Waals surface area contributed by atoms with Crippen molar-refractivity contribution in [2.24, 2.45) is 0 Å². The van der Waals surface area contributed by atoms with Crippen molar-refractivity contribution in [2.45, 2.75) is 32.7 Å². The number of alkyl halides is 2. The van der Waals surface area contributed by atoms with E-state index in [-0.39, 0.29) is 6.61 Å². The third-order valence-corrected chi connectivity index (χ3v) is 2.15. The van der Waals surface area contributed by atoms with Crippen LogP contribution in [0.3, 0.4) is 0 Å². The molecule has 0 aromatic carbocycles. The maximum absolute atomic E-state index is 11.8. The van der Waals surface area contributed by atoms with E-state index in [2.05, 4.69) is 22.2 Å². The lowest BCUT2D eigenvalue weighted by Crippen LogP contribution is -2.14. The van der Waals surface area contributed by atoms with Crippen molar-refractivity contribution in [3.63, 3.8) is 0 Å². The summed E-state index contributed by atoms with van der Waals surface area (Å²) >= 11 is 0. The first-order valence-electron chi connectivity index (χ1n) is 5.81. The van der Waals surface area contributed by atoms with Crippen molar-refractivity contribution in [1.82, 2.24) is 15.3 Å². The largest absolute Gasteiger partial charge is 0.375 e. The number of ether oxygens (including phenoxy) is 1. The zero-order valence-electron chi connectivity index (χ0n) is 10.0. The van der Waals surface area contributed by atoms with Crippen LogP contribution in [0.5, 0.6) is 0 Å². The lowest BCUT2D eigenvalue weighted by atomic mass is 10.4. The number of nitrogens with one attached hydrogen (secondary N) is 2. The third kappa shape index (κ3) is 6.33. The number of nitrogens with zero attached hydrogens (tertiary/aromatic N) is 1. The van der Waals surface area contributed by atoms with E-state index in [9.17, 15) is 8.78 Å². The smallest absolute Gasteiger partial charge is 0.261 e. The van der Waals surface area contributed by atoms with Gasteiger partial charge in [0, 0.05) is 24.9 Å². The fraction of sp³-hybridized carbons (Fsp3) is 0.727. The van der Waals surface area contributed by atoms with Gasteiger partial charge in [0.05, 0.1) is 6.61 Å². The number of aromatic amines is 1. The SMILES string of the molecule is CCCNCc1cnc(CCOCC(F)F)[nH]1. The van der Waals surface area contributed by atoms with Gasteiger partial charge >= 0.3 is 0 Å². The molecule has 0 atom stereocenters. The highest BCUT2D eigenvalue weighted by Gasteiger charge is 2.03. The standard InChI is InChI=1S/C11H19F2N3O/c1-2-4-14-6-9-7-15-11(16-9)3-5-17-8-10(12)13/h7,10,14H,2-6,8H2,1H3,(H,15,16). The highest BCUT2D eigenvalue weighted by Crippen LogP contribution is 1.99. The van der Waals surface area contributed by atoms with E-state index in [4.69, 9.17) is 4.74 Å². The van der Waals surface area contributed by atoms with E-state index >= 15 is 0 Å². The van der Waals surface area contributed by atoms with Crippen LogP contribution in [0.25, 0.3) is 0 Å². The highest BCUT2D eigenvalue weighted by atomic mass is 19.3. The summed E-state index contributed by atoms with van der Waals surface area (Å²) in [4.78, 5) is 7.27. The van der Waals surface area contributed by atoms with Gasteiger partial charge in [-0.25, -0.2) is 13.8 Å². The lowest BCUT2D eigenvalue weighted by Gasteiger charge is -2.01. The van der Waals surface area contributed by atoms with E-state index in [1.165, 1.54) is 0 Å². The predicted molar refractivity (Wildman–Crippen MR) is 61.1 cm³/mol. The molecule has 98 valence electrons. The Morgan fingerprint density at radius 1 is 1.53 bits per heavy atom. The predicted octanol–water partition coefficient (Wildman–Crippen LogP) is 1.73. The molecule has 0 unspecified atom stereocenters. The molecule has 2 N–H and O–H groups in total. The normalized spacial score (nSPS) is 11.3. The van der Waals surface area contributed by atoms with Crippen LogP contribution < -0.4 is 5.32 Å². The minimum atomic E-state index is -2.40.